The molecular formula is C18H26F3N3O2. The summed E-state index contributed by atoms with van der Waals surface area (Å²) < 4.78 is 42.8. The van der Waals surface area contributed by atoms with E-state index in [1.54, 1.807) is 12.0 Å². The minimum Gasteiger partial charge on any atom is -0.497 e. The molecule has 1 aliphatic heterocycles. The van der Waals surface area contributed by atoms with E-state index in [2.05, 4.69) is 5.32 Å². The van der Waals surface area contributed by atoms with Gasteiger partial charge in [-0.25, -0.2) is 4.79 Å². The van der Waals surface area contributed by atoms with Crippen molar-refractivity contribution in [3.05, 3.63) is 29.8 Å². The highest BCUT2D eigenvalue weighted by molar-refractivity contribution is 5.74. The topological polar surface area (TPSA) is 44.8 Å². The van der Waals surface area contributed by atoms with Gasteiger partial charge in [0.2, 0.25) is 0 Å². The number of halogens is 3. The number of carbonyl (C=O) groups excluding carboxylic acids is 1. The molecule has 5 nitrogen and oxygen atoms in total. The highest BCUT2D eigenvalue weighted by Gasteiger charge is 2.32. The van der Waals surface area contributed by atoms with Gasteiger partial charge in [0.15, 0.2) is 0 Å². The third-order valence-electron chi connectivity index (χ3n) is 4.50. The Balaban J connectivity index is 1.92. The molecule has 1 fully saturated rings. The second-order valence-corrected chi connectivity index (χ2v) is 6.42. The predicted octanol–water partition coefficient (Wildman–Crippen LogP) is 3.43. The molecule has 0 spiro atoms. The number of urea groups is 1. The van der Waals surface area contributed by atoms with Gasteiger partial charge in [0.1, 0.15) is 5.75 Å². The van der Waals surface area contributed by atoms with E-state index in [1.807, 2.05) is 31.2 Å². The van der Waals surface area contributed by atoms with E-state index < -0.39 is 12.7 Å². The molecule has 1 atom stereocenters. The number of methoxy groups -OCH3 is 1. The molecule has 1 aromatic carbocycles. The lowest BCUT2D eigenvalue weighted by Gasteiger charge is -2.26. The van der Waals surface area contributed by atoms with Gasteiger partial charge in [0.25, 0.3) is 0 Å². The van der Waals surface area contributed by atoms with E-state index in [-0.39, 0.29) is 18.6 Å². The average molecular weight is 373 g/mol. The van der Waals surface area contributed by atoms with Crippen LogP contribution in [-0.4, -0.2) is 61.8 Å². The molecule has 0 bridgehead atoms. The Bertz CT molecular complexity index is 578. The van der Waals surface area contributed by atoms with Crippen LogP contribution in [0.3, 0.4) is 0 Å². The van der Waals surface area contributed by atoms with Crippen molar-refractivity contribution in [2.24, 2.45) is 0 Å². The summed E-state index contributed by atoms with van der Waals surface area (Å²) in [6.45, 7) is 2.37. The Labute approximate surface area is 152 Å². The Hall–Kier alpha value is -1.96. The number of alkyl halides is 3. The van der Waals surface area contributed by atoms with Gasteiger partial charge in [-0.1, -0.05) is 19.1 Å². The second kappa shape index (κ2) is 9.12. The van der Waals surface area contributed by atoms with Gasteiger partial charge < -0.3 is 15.0 Å². The predicted molar refractivity (Wildman–Crippen MR) is 93.2 cm³/mol. The van der Waals surface area contributed by atoms with Crippen LogP contribution < -0.4 is 10.1 Å². The van der Waals surface area contributed by atoms with Crippen molar-refractivity contribution < 1.29 is 22.7 Å². The number of nitrogens with zero attached hydrogens (tertiary/aromatic N) is 2. The van der Waals surface area contributed by atoms with E-state index in [1.165, 1.54) is 4.90 Å². The zero-order chi connectivity index (χ0) is 19.2. The number of carbonyl (C=O) groups is 1. The van der Waals surface area contributed by atoms with Crippen LogP contribution in [0.2, 0.25) is 0 Å². The van der Waals surface area contributed by atoms with Crippen LogP contribution >= 0.6 is 0 Å². The van der Waals surface area contributed by atoms with E-state index in [0.717, 1.165) is 11.3 Å². The third kappa shape index (κ3) is 6.09. The van der Waals surface area contributed by atoms with E-state index in [9.17, 15) is 18.0 Å². The molecule has 146 valence electrons. The van der Waals surface area contributed by atoms with Gasteiger partial charge in [0, 0.05) is 26.2 Å². The van der Waals surface area contributed by atoms with Crippen LogP contribution in [-0.2, 0) is 0 Å². The minimum absolute atomic E-state index is 0.150. The van der Waals surface area contributed by atoms with Gasteiger partial charge in [0.05, 0.1) is 19.7 Å². The quantitative estimate of drug-likeness (QED) is 0.860. The van der Waals surface area contributed by atoms with Crippen molar-refractivity contribution >= 4 is 6.03 Å². The summed E-state index contributed by atoms with van der Waals surface area (Å²) in [5, 5.41) is 2.99. The number of benzene rings is 1. The molecule has 2 amide bonds. The Morgan fingerprint density at radius 2 is 1.88 bits per heavy atom. The fourth-order valence-corrected chi connectivity index (χ4v) is 3.08. The molecule has 0 radical (unpaired) electrons. The van der Waals surface area contributed by atoms with E-state index in [4.69, 9.17) is 4.74 Å². The van der Waals surface area contributed by atoms with Crippen molar-refractivity contribution in [1.82, 2.24) is 15.1 Å². The number of nitrogens with one attached hydrogen (secondary N) is 1. The van der Waals surface area contributed by atoms with Crippen LogP contribution in [0.1, 0.15) is 31.4 Å². The molecule has 1 saturated heterocycles. The summed E-state index contributed by atoms with van der Waals surface area (Å²) in [7, 11) is 1.59. The molecule has 1 aliphatic rings. The number of rotatable bonds is 5. The van der Waals surface area contributed by atoms with Crippen LogP contribution in [0, 0.1) is 0 Å². The SMILES string of the molecule is CCC(NC(=O)N1CCCN(CC(F)(F)F)CC1)c1ccc(OC)cc1. The molecule has 1 N–H and O–H groups in total. The zero-order valence-electron chi connectivity index (χ0n) is 15.2. The summed E-state index contributed by atoms with van der Waals surface area (Å²) in [5.41, 5.74) is 0.968. The fourth-order valence-electron chi connectivity index (χ4n) is 3.08. The van der Waals surface area contributed by atoms with Crippen LogP contribution in [0.25, 0.3) is 0 Å². The summed E-state index contributed by atoms with van der Waals surface area (Å²) >= 11 is 0. The van der Waals surface area contributed by atoms with Gasteiger partial charge in [-0.2, -0.15) is 13.2 Å². The Kier molecular flexibility index (Phi) is 7.14. The maximum absolute atomic E-state index is 12.6. The van der Waals surface area contributed by atoms with Crippen LogP contribution in [0.15, 0.2) is 24.3 Å². The minimum atomic E-state index is -4.21. The third-order valence-corrected chi connectivity index (χ3v) is 4.50. The summed E-state index contributed by atoms with van der Waals surface area (Å²) in [5.74, 6) is 0.743. The van der Waals surface area contributed by atoms with E-state index in [0.29, 0.717) is 32.5 Å². The van der Waals surface area contributed by atoms with Crippen molar-refractivity contribution in [3.63, 3.8) is 0 Å². The molecule has 1 aromatic rings. The highest BCUT2D eigenvalue weighted by atomic mass is 19.4. The zero-order valence-corrected chi connectivity index (χ0v) is 15.2. The largest absolute Gasteiger partial charge is 0.497 e. The second-order valence-electron chi connectivity index (χ2n) is 6.42. The number of ether oxygens (including phenoxy) is 1. The maximum atomic E-state index is 12.6. The normalized spacial score (nSPS) is 17.5. The molecule has 0 saturated carbocycles. The first-order valence-corrected chi connectivity index (χ1v) is 8.81. The Morgan fingerprint density at radius 1 is 1.19 bits per heavy atom. The van der Waals surface area contributed by atoms with Gasteiger partial charge in [-0.3, -0.25) is 4.90 Å². The van der Waals surface area contributed by atoms with Crippen molar-refractivity contribution in [2.45, 2.75) is 32.0 Å². The first kappa shape index (κ1) is 20.4. The lowest BCUT2D eigenvalue weighted by atomic mass is 10.0. The van der Waals surface area contributed by atoms with Crippen LogP contribution in [0.4, 0.5) is 18.0 Å². The summed E-state index contributed by atoms with van der Waals surface area (Å²) in [6, 6.07) is 7.10. The molecule has 1 heterocycles. The first-order chi connectivity index (χ1) is 12.3. The summed E-state index contributed by atoms with van der Waals surface area (Å²) in [4.78, 5) is 15.5. The summed E-state index contributed by atoms with van der Waals surface area (Å²) in [6.07, 6.45) is -2.96. The lowest BCUT2D eigenvalue weighted by Crippen LogP contribution is -2.44. The van der Waals surface area contributed by atoms with Gasteiger partial charge in [-0.15, -0.1) is 0 Å². The molecule has 2 rings (SSSR count). The van der Waals surface area contributed by atoms with Crippen molar-refractivity contribution in [3.8, 4) is 5.75 Å². The molecule has 8 heteroatoms. The van der Waals surface area contributed by atoms with Crippen LogP contribution in [0.5, 0.6) is 5.75 Å². The lowest BCUT2D eigenvalue weighted by molar-refractivity contribution is -0.145. The number of hydrogen-bond acceptors (Lipinski definition) is 3. The fraction of sp³-hybridized carbons (Fsp3) is 0.611. The standard InChI is InChI=1S/C18H26F3N3O2/c1-3-16(14-5-7-15(26-2)8-6-14)22-17(25)24-10-4-9-23(11-12-24)13-18(19,20)21/h5-8,16H,3-4,9-13H2,1-2H3,(H,22,25). The maximum Gasteiger partial charge on any atom is 0.401 e. The molecule has 0 aliphatic carbocycles. The van der Waals surface area contributed by atoms with Gasteiger partial charge >= 0.3 is 12.2 Å². The number of hydrogen-bond donors (Lipinski definition) is 1. The van der Waals surface area contributed by atoms with Crippen molar-refractivity contribution in [1.29, 1.82) is 0 Å². The van der Waals surface area contributed by atoms with Crippen molar-refractivity contribution in [2.75, 3.05) is 39.8 Å². The molecular weight excluding hydrogens is 347 g/mol. The Morgan fingerprint density at radius 3 is 2.46 bits per heavy atom. The highest BCUT2D eigenvalue weighted by Crippen LogP contribution is 2.21. The first-order valence-electron chi connectivity index (χ1n) is 8.81. The molecule has 26 heavy (non-hydrogen) atoms. The smallest absolute Gasteiger partial charge is 0.401 e. The van der Waals surface area contributed by atoms with Gasteiger partial charge in [-0.05, 0) is 30.5 Å². The van der Waals surface area contributed by atoms with E-state index >= 15 is 0 Å². The molecule has 0 aromatic heterocycles. The average Bonchev–Trinajstić information content (AvgIpc) is 2.83. The monoisotopic (exact) mass is 373 g/mol. The number of amides is 2. The molecule has 1 unspecified atom stereocenters.